The van der Waals surface area contributed by atoms with Crippen molar-refractivity contribution in [2.75, 3.05) is 6.61 Å². The van der Waals surface area contributed by atoms with E-state index in [-0.39, 0.29) is 12.1 Å². The summed E-state index contributed by atoms with van der Waals surface area (Å²) in [4.78, 5) is 12.0. The lowest BCUT2D eigenvalue weighted by Gasteiger charge is -2.23. The van der Waals surface area contributed by atoms with Crippen molar-refractivity contribution in [1.29, 1.82) is 0 Å². The highest BCUT2D eigenvalue weighted by Crippen LogP contribution is 2.20. The predicted molar refractivity (Wildman–Crippen MR) is 90.5 cm³/mol. The molecule has 0 bridgehead atoms. The van der Waals surface area contributed by atoms with Gasteiger partial charge in [-0.1, -0.05) is 48.5 Å². The topological polar surface area (TPSA) is 35.5 Å². The van der Waals surface area contributed by atoms with Gasteiger partial charge < -0.3 is 9.47 Å². The second-order valence-electron chi connectivity index (χ2n) is 5.55. The lowest BCUT2D eigenvalue weighted by molar-refractivity contribution is -0.105. The summed E-state index contributed by atoms with van der Waals surface area (Å²) in [6, 6.07) is 16.9. The van der Waals surface area contributed by atoms with Gasteiger partial charge in [0.15, 0.2) is 12.1 Å². The second kappa shape index (κ2) is 7.75. The smallest absolute Gasteiger partial charge is 0.199 e. The third-order valence-electron chi connectivity index (χ3n) is 3.77. The molecule has 3 heteroatoms. The van der Waals surface area contributed by atoms with Gasteiger partial charge >= 0.3 is 0 Å². The molecule has 1 fully saturated rings. The quantitative estimate of drug-likeness (QED) is 0.603. The Morgan fingerprint density at radius 3 is 2.52 bits per heavy atom. The van der Waals surface area contributed by atoms with Crippen LogP contribution in [0.5, 0.6) is 5.75 Å². The van der Waals surface area contributed by atoms with Crippen LogP contribution in [-0.2, 0) is 4.74 Å². The number of hydrogen-bond donors (Lipinski definition) is 0. The van der Waals surface area contributed by atoms with Crippen LogP contribution < -0.4 is 4.74 Å². The molecule has 3 rings (SSSR count). The van der Waals surface area contributed by atoms with Crippen LogP contribution in [0, 0.1) is 0 Å². The molecule has 1 aliphatic heterocycles. The molecule has 3 nitrogen and oxygen atoms in total. The van der Waals surface area contributed by atoms with Crippen molar-refractivity contribution in [1.82, 2.24) is 0 Å². The van der Waals surface area contributed by atoms with E-state index in [4.69, 9.17) is 9.47 Å². The summed E-state index contributed by atoms with van der Waals surface area (Å²) in [6.45, 7) is 0.771. The van der Waals surface area contributed by atoms with Gasteiger partial charge in [0.2, 0.25) is 0 Å². The first kappa shape index (κ1) is 15.5. The van der Waals surface area contributed by atoms with Gasteiger partial charge in [0, 0.05) is 12.0 Å². The molecule has 1 atom stereocenters. The Bertz CT molecular complexity index is 653. The Labute approximate surface area is 136 Å². The van der Waals surface area contributed by atoms with Gasteiger partial charge in [-0.25, -0.2) is 0 Å². The SMILES string of the molecule is O=C(/C=C\c1ccc(OC2CCCCO2)cc1)c1ccccc1. The molecule has 0 spiro atoms. The van der Waals surface area contributed by atoms with Crippen molar-refractivity contribution in [3.05, 3.63) is 71.8 Å². The van der Waals surface area contributed by atoms with E-state index in [2.05, 4.69) is 0 Å². The van der Waals surface area contributed by atoms with Crippen LogP contribution in [-0.4, -0.2) is 18.7 Å². The van der Waals surface area contributed by atoms with Crippen molar-refractivity contribution >= 4 is 11.9 Å². The van der Waals surface area contributed by atoms with Crippen LogP contribution in [0.3, 0.4) is 0 Å². The zero-order chi connectivity index (χ0) is 15.9. The van der Waals surface area contributed by atoms with E-state index < -0.39 is 0 Å². The van der Waals surface area contributed by atoms with E-state index in [9.17, 15) is 4.79 Å². The fourth-order valence-electron chi connectivity index (χ4n) is 2.48. The van der Waals surface area contributed by atoms with E-state index in [0.717, 1.165) is 37.2 Å². The van der Waals surface area contributed by atoms with Crippen molar-refractivity contribution in [3.8, 4) is 5.75 Å². The van der Waals surface area contributed by atoms with Gasteiger partial charge in [0.1, 0.15) is 5.75 Å². The number of rotatable bonds is 5. The number of hydrogen-bond acceptors (Lipinski definition) is 3. The fraction of sp³-hybridized carbons (Fsp3) is 0.250. The van der Waals surface area contributed by atoms with Crippen molar-refractivity contribution in [2.24, 2.45) is 0 Å². The number of allylic oxidation sites excluding steroid dienone is 1. The molecule has 1 saturated heterocycles. The number of carbonyl (C=O) groups excluding carboxylic acids is 1. The summed E-state index contributed by atoms with van der Waals surface area (Å²) in [5, 5.41) is 0. The Kier molecular flexibility index (Phi) is 5.22. The van der Waals surface area contributed by atoms with Gasteiger partial charge in [-0.3, -0.25) is 4.79 Å². The normalized spacial score (nSPS) is 18.0. The first-order valence-electron chi connectivity index (χ1n) is 7.97. The van der Waals surface area contributed by atoms with Crippen LogP contribution in [0.25, 0.3) is 6.08 Å². The molecule has 1 unspecified atom stereocenters. The highest BCUT2D eigenvalue weighted by atomic mass is 16.7. The van der Waals surface area contributed by atoms with Gasteiger partial charge in [-0.2, -0.15) is 0 Å². The summed E-state index contributed by atoms with van der Waals surface area (Å²) < 4.78 is 11.4. The maximum absolute atomic E-state index is 12.0. The molecule has 1 aliphatic rings. The molecule has 118 valence electrons. The largest absolute Gasteiger partial charge is 0.465 e. The van der Waals surface area contributed by atoms with Crippen LogP contribution in [0.4, 0.5) is 0 Å². The first-order chi connectivity index (χ1) is 11.3. The van der Waals surface area contributed by atoms with E-state index >= 15 is 0 Å². The summed E-state index contributed by atoms with van der Waals surface area (Å²) in [5.74, 6) is 0.796. The monoisotopic (exact) mass is 308 g/mol. The van der Waals surface area contributed by atoms with Crippen molar-refractivity contribution in [2.45, 2.75) is 25.6 Å². The number of ether oxygens (including phenoxy) is 2. The molecule has 23 heavy (non-hydrogen) atoms. The molecule has 0 N–H and O–H groups in total. The number of carbonyl (C=O) groups is 1. The van der Waals surface area contributed by atoms with Gasteiger partial charge in [-0.15, -0.1) is 0 Å². The zero-order valence-corrected chi connectivity index (χ0v) is 13.0. The molecule has 2 aromatic carbocycles. The van der Waals surface area contributed by atoms with Gasteiger partial charge in [0.25, 0.3) is 0 Å². The number of benzene rings is 2. The van der Waals surface area contributed by atoms with Crippen LogP contribution >= 0.6 is 0 Å². The lowest BCUT2D eigenvalue weighted by Crippen LogP contribution is -2.24. The summed E-state index contributed by atoms with van der Waals surface area (Å²) >= 11 is 0. The molecule has 0 aliphatic carbocycles. The third-order valence-corrected chi connectivity index (χ3v) is 3.77. The maximum atomic E-state index is 12.0. The molecule has 0 aromatic heterocycles. The summed E-state index contributed by atoms with van der Waals surface area (Å²) in [5.41, 5.74) is 1.66. The third kappa shape index (κ3) is 4.54. The minimum atomic E-state index is -0.134. The Morgan fingerprint density at radius 2 is 1.83 bits per heavy atom. The van der Waals surface area contributed by atoms with Crippen molar-refractivity contribution < 1.29 is 14.3 Å². The minimum absolute atomic E-state index is 0.00142. The maximum Gasteiger partial charge on any atom is 0.199 e. The minimum Gasteiger partial charge on any atom is -0.465 e. The summed E-state index contributed by atoms with van der Waals surface area (Å²) in [7, 11) is 0. The molecule has 0 saturated carbocycles. The average molecular weight is 308 g/mol. The second-order valence-corrected chi connectivity index (χ2v) is 5.55. The average Bonchev–Trinajstić information content (AvgIpc) is 2.62. The van der Waals surface area contributed by atoms with E-state index in [0.29, 0.717) is 5.56 Å². The molecular weight excluding hydrogens is 288 g/mol. The Balaban J connectivity index is 1.58. The van der Waals surface area contributed by atoms with E-state index in [1.165, 1.54) is 0 Å². The molecule has 2 aromatic rings. The van der Waals surface area contributed by atoms with Crippen LogP contribution in [0.15, 0.2) is 60.7 Å². The van der Waals surface area contributed by atoms with E-state index in [1.807, 2.05) is 60.7 Å². The van der Waals surface area contributed by atoms with Gasteiger partial charge in [0.05, 0.1) is 6.61 Å². The highest BCUT2D eigenvalue weighted by Gasteiger charge is 2.14. The van der Waals surface area contributed by atoms with E-state index in [1.54, 1.807) is 6.08 Å². The highest BCUT2D eigenvalue weighted by molar-refractivity contribution is 6.06. The lowest BCUT2D eigenvalue weighted by atomic mass is 10.1. The Hall–Kier alpha value is -2.39. The van der Waals surface area contributed by atoms with Crippen LogP contribution in [0.1, 0.15) is 35.2 Å². The van der Waals surface area contributed by atoms with Crippen molar-refractivity contribution in [3.63, 3.8) is 0 Å². The molecule has 1 heterocycles. The Morgan fingerprint density at radius 1 is 1.04 bits per heavy atom. The standard InChI is InChI=1S/C20H20O3/c21-19(17-6-2-1-3-7-17)14-11-16-9-12-18(13-10-16)23-20-8-4-5-15-22-20/h1-3,6-7,9-14,20H,4-5,8,15H2/b14-11-. The first-order valence-corrected chi connectivity index (χ1v) is 7.97. The predicted octanol–water partition coefficient (Wildman–Crippen LogP) is 4.49. The molecule has 0 radical (unpaired) electrons. The zero-order valence-electron chi connectivity index (χ0n) is 13.0. The van der Waals surface area contributed by atoms with Gasteiger partial charge in [-0.05, 0) is 36.6 Å². The fourth-order valence-corrected chi connectivity index (χ4v) is 2.48. The van der Waals surface area contributed by atoms with Crippen LogP contribution in [0.2, 0.25) is 0 Å². The summed E-state index contributed by atoms with van der Waals surface area (Å²) in [6.07, 6.45) is 6.47. The molecule has 0 amide bonds. The molecular formula is C20H20O3. The number of ketones is 1.